The molecule has 0 amide bonds. The summed E-state index contributed by atoms with van der Waals surface area (Å²) in [4.78, 5) is 2.36. The molecule has 0 unspecified atom stereocenters. The number of H-pyrrole nitrogens is 1. The van der Waals surface area contributed by atoms with E-state index in [4.69, 9.17) is 0 Å². The van der Waals surface area contributed by atoms with Gasteiger partial charge in [0.15, 0.2) is 5.03 Å². The van der Waals surface area contributed by atoms with Crippen molar-refractivity contribution in [1.29, 1.82) is 0 Å². The number of hydrogen-bond donors (Lipinski definition) is 2. The number of hydrogen-bond acceptors (Lipinski definition) is 5. The monoisotopic (exact) mass is 271 g/mol. The first-order valence-electron chi connectivity index (χ1n) is 6.12. The van der Waals surface area contributed by atoms with Gasteiger partial charge in [-0.25, -0.2) is 8.42 Å². The minimum atomic E-state index is -3.38. The fraction of sp³-hybridized carbons (Fsp3) is 0.700. The smallest absolute Gasteiger partial charge is 0.260 e. The molecule has 100 valence electrons. The lowest BCUT2D eigenvalue weighted by atomic mass is 10.1. The fourth-order valence-corrected chi connectivity index (χ4v) is 3.69. The standard InChI is InChI=1S/C10H17N5O2S/c16-18(17,10-1-2-12-13-10)15-5-3-14(4-6-15)9-7-11-8-9/h1-2,9,11H,3-8H2,(H,12,13). The molecule has 0 radical (unpaired) electrons. The van der Waals surface area contributed by atoms with E-state index in [1.807, 2.05) is 0 Å². The number of rotatable bonds is 3. The van der Waals surface area contributed by atoms with E-state index >= 15 is 0 Å². The highest BCUT2D eigenvalue weighted by atomic mass is 32.2. The topological polar surface area (TPSA) is 81.3 Å². The van der Waals surface area contributed by atoms with E-state index in [1.165, 1.54) is 16.6 Å². The predicted molar refractivity (Wildman–Crippen MR) is 65.6 cm³/mol. The maximum absolute atomic E-state index is 12.2. The Labute approximate surface area is 106 Å². The van der Waals surface area contributed by atoms with E-state index in [9.17, 15) is 8.42 Å². The molecule has 0 aliphatic carbocycles. The summed E-state index contributed by atoms with van der Waals surface area (Å²) in [7, 11) is -3.38. The van der Waals surface area contributed by atoms with E-state index in [0.29, 0.717) is 19.1 Å². The lowest BCUT2D eigenvalue weighted by Crippen LogP contribution is -2.62. The summed E-state index contributed by atoms with van der Waals surface area (Å²) < 4.78 is 26.0. The first kappa shape index (κ1) is 12.1. The molecular weight excluding hydrogens is 254 g/mol. The number of piperazine rings is 1. The SMILES string of the molecule is O=S(=O)(c1ccn[nH]1)N1CCN(C2CNC2)CC1. The van der Waals surface area contributed by atoms with Gasteiger partial charge in [0.1, 0.15) is 0 Å². The summed E-state index contributed by atoms with van der Waals surface area (Å²) in [6.45, 7) is 4.76. The Morgan fingerprint density at radius 2 is 1.94 bits per heavy atom. The van der Waals surface area contributed by atoms with Gasteiger partial charge in [0.25, 0.3) is 10.0 Å². The summed E-state index contributed by atoms with van der Waals surface area (Å²) in [6.07, 6.45) is 1.46. The van der Waals surface area contributed by atoms with Crippen molar-refractivity contribution in [3.05, 3.63) is 12.3 Å². The van der Waals surface area contributed by atoms with Crippen LogP contribution in [0.4, 0.5) is 0 Å². The van der Waals surface area contributed by atoms with Crippen molar-refractivity contribution in [2.75, 3.05) is 39.3 Å². The molecule has 2 aliphatic rings. The van der Waals surface area contributed by atoms with E-state index in [2.05, 4.69) is 20.4 Å². The number of nitrogens with zero attached hydrogens (tertiary/aromatic N) is 3. The quantitative estimate of drug-likeness (QED) is 0.713. The Morgan fingerprint density at radius 3 is 2.44 bits per heavy atom. The molecule has 2 saturated heterocycles. The summed E-state index contributed by atoms with van der Waals surface area (Å²) in [5, 5.41) is 9.64. The summed E-state index contributed by atoms with van der Waals surface area (Å²) in [6, 6.07) is 2.08. The molecule has 8 heteroatoms. The Morgan fingerprint density at radius 1 is 1.22 bits per heavy atom. The molecule has 7 nitrogen and oxygen atoms in total. The number of nitrogens with one attached hydrogen (secondary N) is 2. The largest absolute Gasteiger partial charge is 0.314 e. The summed E-state index contributed by atoms with van der Waals surface area (Å²) >= 11 is 0. The van der Waals surface area contributed by atoms with Crippen molar-refractivity contribution in [3.8, 4) is 0 Å². The van der Waals surface area contributed by atoms with Crippen LogP contribution in [0.5, 0.6) is 0 Å². The minimum absolute atomic E-state index is 0.182. The molecule has 1 aromatic rings. The first-order valence-corrected chi connectivity index (χ1v) is 7.56. The zero-order chi connectivity index (χ0) is 12.6. The van der Waals surface area contributed by atoms with Crippen molar-refractivity contribution in [1.82, 2.24) is 24.7 Å². The summed E-state index contributed by atoms with van der Waals surface area (Å²) in [5.74, 6) is 0. The third-order valence-electron chi connectivity index (χ3n) is 3.64. The van der Waals surface area contributed by atoms with Gasteiger partial charge < -0.3 is 5.32 Å². The number of aromatic nitrogens is 2. The van der Waals surface area contributed by atoms with Gasteiger partial charge in [-0.1, -0.05) is 0 Å². The van der Waals surface area contributed by atoms with Crippen molar-refractivity contribution in [3.63, 3.8) is 0 Å². The average molecular weight is 271 g/mol. The predicted octanol–water partition coefficient (Wildman–Crippen LogP) is -1.31. The zero-order valence-electron chi connectivity index (χ0n) is 10.0. The number of sulfonamides is 1. The highest BCUT2D eigenvalue weighted by Crippen LogP contribution is 2.16. The van der Waals surface area contributed by atoms with Gasteiger partial charge in [0.05, 0.1) is 6.20 Å². The molecule has 0 atom stereocenters. The van der Waals surface area contributed by atoms with Crippen LogP contribution in [-0.2, 0) is 10.0 Å². The molecule has 2 aliphatic heterocycles. The molecule has 2 N–H and O–H groups in total. The van der Waals surface area contributed by atoms with Crippen LogP contribution in [0.1, 0.15) is 0 Å². The highest BCUT2D eigenvalue weighted by molar-refractivity contribution is 7.89. The van der Waals surface area contributed by atoms with Crippen LogP contribution in [0, 0.1) is 0 Å². The maximum atomic E-state index is 12.2. The Bertz CT molecular complexity index is 488. The fourth-order valence-electron chi connectivity index (χ4n) is 2.37. The van der Waals surface area contributed by atoms with Crippen LogP contribution in [0.3, 0.4) is 0 Å². The Kier molecular flexibility index (Phi) is 3.10. The second-order valence-electron chi connectivity index (χ2n) is 4.67. The van der Waals surface area contributed by atoms with Gasteiger partial charge in [-0.2, -0.15) is 9.40 Å². The Balaban J connectivity index is 1.65. The van der Waals surface area contributed by atoms with E-state index in [-0.39, 0.29) is 5.03 Å². The molecule has 0 aromatic carbocycles. The van der Waals surface area contributed by atoms with E-state index < -0.39 is 10.0 Å². The van der Waals surface area contributed by atoms with Gasteiger partial charge in [-0.15, -0.1) is 0 Å². The zero-order valence-corrected chi connectivity index (χ0v) is 10.9. The molecule has 0 bridgehead atoms. The van der Waals surface area contributed by atoms with Crippen LogP contribution < -0.4 is 5.32 Å². The lowest BCUT2D eigenvalue weighted by molar-refractivity contribution is 0.103. The van der Waals surface area contributed by atoms with Crippen molar-refractivity contribution in [2.24, 2.45) is 0 Å². The van der Waals surface area contributed by atoms with Gasteiger partial charge in [-0.05, 0) is 6.07 Å². The molecule has 18 heavy (non-hydrogen) atoms. The van der Waals surface area contributed by atoms with Gasteiger partial charge in [0.2, 0.25) is 0 Å². The van der Waals surface area contributed by atoms with E-state index in [0.717, 1.165) is 26.2 Å². The molecule has 2 fully saturated rings. The molecule has 0 saturated carbocycles. The van der Waals surface area contributed by atoms with Crippen LogP contribution in [0.25, 0.3) is 0 Å². The molecule has 0 spiro atoms. The van der Waals surface area contributed by atoms with Crippen molar-refractivity contribution in [2.45, 2.75) is 11.1 Å². The van der Waals surface area contributed by atoms with Crippen molar-refractivity contribution < 1.29 is 8.42 Å². The first-order chi connectivity index (χ1) is 8.68. The van der Waals surface area contributed by atoms with Gasteiger partial charge >= 0.3 is 0 Å². The van der Waals surface area contributed by atoms with Crippen LogP contribution in [0.2, 0.25) is 0 Å². The van der Waals surface area contributed by atoms with Crippen molar-refractivity contribution >= 4 is 10.0 Å². The average Bonchev–Trinajstić information content (AvgIpc) is 2.81. The summed E-state index contributed by atoms with van der Waals surface area (Å²) in [5.41, 5.74) is 0. The molecule has 3 heterocycles. The molecule has 1 aromatic heterocycles. The third kappa shape index (κ3) is 2.05. The second-order valence-corrected chi connectivity index (χ2v) is 6.58. The molecule has 3 rings (SSSR count). The number of aromatic amines is 1. The van der Waals surface area contributed by atoms with Gasteiger partial charge in [-0.3, -0.25) is 10.00 Å². The maximum Gasteiger partial charge on any atom is 0.260 e. The normalized spacial score (nSPS) is 24.0. The lowest BCUT2D eigenvalue weighted by Gasteiger charge is -2.42. The minimum Gasteiger partial charge on any atom is -0.314 e. The van der Waals surface area contributed by atoms with E-state index in [1.54, 1.807) is 0 Å². The second kappa shape index (κ2) is 4.61. The van der Waals surface area contributed by atoms with Gasteiger partial charge in [0, 0.05) is 45.3 Å². The highest BCUT2D eigenvalue weighted by Gasteiger charge is 2.33. The third-order valence-corrected chi connectivity index (χ3v) is 5.47. The van der Waals surface area contributed by atoms with Crippen LogP contribution in [-0.4, -0.2) is 73.1 Å². The van der Waals surface area contributed by atoms with Crippen LogP contribution >= 0.6 is 0 Å². The Hall–Kier alpha value is -0.960. The molecular formula is C10H17N5O2S. The van der Waals surface area contributed by atoms with Crippen LogP contribution in [0.15, 0.2) is 17.3 Å².